The van der Waals surface area contributed by atoms with Crippen LogP contribution in [0, 0.1) is 17.6 Å². The smallest absolute Gasteiger partial charge is 0.308 e. The lowest BCUT2D eigenvalue weighted by Gasteiger charge is -2.37. The van der Waals surface area contributed by atoms with Gasteiger partial charge in [0.15, 0.2) is 17.8 Å². The molecule has 0 radical (unpaired) electrons. The number of hydrogen-bond donors (Lipinski definition) is 0. The molecule has 9 heteroatoms. The Hall–Kier alpha value is -1.54. The number of anilines is 1. The molecule has 0 aromatic heterocycles. The van der Waals surface area contributed by atoms with Gasteiger partial charge >= 0.3 is 12.2 Å². The number of benzene rings is 1. The molecule has 1 nitrogen and oxygen atoms in total. The minimum atomic E-state index is -4.28. The molecular formula is C21H29F8N. The fraction of sp³-hybridized carbons (Fsp3) is 0.714. The second-order valence-electron chi connectivity index (χ2n) is 7.70. The molecule has 0 fully saturated rings. The SMILES string of the molecule is CCCC(C)CN(c1cccc(F)c1F)C(F)(F)C(F)CCCCCCC(F)(F)F. The molecule has 0 spiro atoms. The van der Waals surface area contributed by atoms with Crippen LogP contribution in [0.2, 0.25) is 0 Å². The Morgan fingerprint density at radius 2 is 1.57 bits per heavy atom. The van der Waals surface area contributed by atoms with Gasteiger partial charge < -0.3 is 4.90 Å². The van der Waals surface area contributed by atoms with E-state index < -0.39 is 48.6 Å². The van der Waals surface area contributed by atoms with Crippen LogP contribution in [0.1, 0.15) is 65.2 Å². The van der Waals surface area contributed by atoms with E-state index in [4.69, 9.17) is 0 Å². The molecule has 0 heterocycles. The maximum absolute atomic E-state index is 14.9. The van der Waals surface area contributed by atoms with E-state index in [0.29, 0.717) is 12.8 Å². The molecule has 0 aliphatic heterocycles. The third-order valence-electron chi connectivity index (χ3n) is 4.90. The van der Waals surface area contributed by atoms with Gasteiger partial charge in [0, 0.05) is 13.0 Å². The average molecular weight is 447 g/mol. The molecule has 2 atom stereocenters. The number of unbranched alkanes of at least 4 members (excludes halogenated alkanes) is 3. The van der Waals surface area contributed by atoms with E-state index in [9.17, 15) is 35.1 Å². The highest BCUT2D eigenvalue weighted by Gasteiger charge is 2.47. The number of rotatable bonds is 13. The fourth-order valence-corrected chi connectivity index (χ4v) is 3.32. The Bertz CT molecular complexity index is 632. The van der Waals surface area contributed by atoms with Gasteiger partial charge in [-0.2, -0.15) is 22.0 Å². The Labute approximate surface area is 172 Å². The van der Waals surface area contributed by atoms with Gasteiger partial charge in [0.05, 0.1) is 5.69 Å². The van der Waals surface area contributed by atoms with Crippen LogP contribution in [0.25, 0.3) is 0 Å². The zero-order valence-corrected chi connectivity index (χ0v) is 17.2. The van der Waals surface area contributed by atoms with Crippen molar-refractivity contribution in [3.8, 4) is 0 Å². The van der Waals surface area contributed by atoms with E-state index in [-0.39, 0.29) is 43.0 Å². The molecule has 0 bridgehead atoms. The predicted octanol–water partition coefficient (Wildman–Crippen LogP) is 8.04. The minimum Gasteiger partial charge on any atom is -0.308 e. The van der Waals surface area contributed by atoms with E-state index >= 15 is 0 Å². The van der Waals surface area contributed by atoms with Gasteiger partial charge in [0.25, 0.3) is 0 Å². The molecule has 0 saturated heterocycles. The maximum atomic E-state index is 14.9. The van der Waals surface area contributed by atoms with Crippen LogP contribution in [0.4, 0.5) is 40.8 Å². The summed E-state index contributed by atoms with van der Waals surface area (Å²) in [6.45, 7) is 3.14. The second-order valence-corrected chi connectivity index (χ2v) is 7.70. The van der Waals surface area contributed by atoms with Crippen molar-refractivity contribution in [2.75, 3.05) is 11.4 Å². The Morgan fingerprint density at radius 3 is 2.17 bits per heavy atom. The van der Waals surface area contributed by atoms with Crippen LogP contribution < -0.4 is 4.90 Å². The van der Waals surface area contributed by atoms with Crippen molar-refractivity contribution in [3.05, 3.63) is 29.8 Å². The van der Waals surface area contributed by atoms with Crippen molar-refractivity contribution in [3.63, 3.8) is 0 Å². The number of alkyl halides is 6. The first kappa shape index (κ1) is 26.5. The summed E-state index contributed by atoms with van der Waals surface area (Å²) in [6, 6.07) is -1.24. The van der Waals surface area contributed by atoms with Crippen LogP contribution in [0.3, 0.4) is 0 Å². The molecule has 0 amide bonds. The van der Waals surface area contributed by atoms with E-state index in [2.05, 4.69) is 0 Å². The number of nitrogens with zero attached hydrogens (tertiary/aromatic N) is 1. The second kappa shape index (κ2) is 11.7. The predicted molar refractivity (Wildman–Crippen MR) is 101 cm³/mol. The lowest BCUT2D eigenvalue weighted by molar-refractivity contribution is -0.135. The standard InChI is InChI=1S/C21H29F8N/c1-3-9-15(2)14-30(17-11-8-10-16(22)19(17)24)21(28,29)18(23)12-6-4-5-7-13-20(25,26)27/h8,10-11,15,18H,3-7,9,12-14H2,1-2H3. The topological polar surface area (TPSA) is 3.24 Å². The average Bonchev–Trinajstić information content (AvgIpc) is 2.64. The molecule has 1 aromatic rings. The van der Waals surface area contributed by atoms with Gasteiger partial charge in [0.1, 0.15) is 0 Å². The fourth-order valence-electron chi connectivity index (χ4n) is 3.32. The summed E-state index contributed by atoms with van der Waals surface area (Å²) >= 11 is 0. The summed E-state index contributed by atoms with van der Waals surface area (Å²) in [4.78, 5) is 0.278. The van der Waals surface area contributed by atoms with Crippen LogP contribution in [0.5, 0.6) is 0 Å². The van der Waals surface area contributed by atoms with Crippen LogP contribution in [0.15, 0.2) is 18.2 Å². The molecule has 174 valence electrons. The van der Waals surface area contributed by atoms with E-state index in [1.165, 1.54) is 0 Å². The third-order valence-corrected chi connectivity index (χ3v) is 4.90. The first-order valence-corrected chi connectivity index (χ1v) is 10.2. The maximum Gasteiger partial charge on any atom is 0.389 e. The van der Waals surface area contributed by atoms with Crippen molar-refractivity contribution < 1.29 is 35.1 Å². The van der Waals surface area contributed by atoms with Gasteiger partial charge in [-0.1, -0.05) is 45.6 Å². The van der Waals surface area contributed by atoms with Crippen LogP contribution in [-0.2, 0) is 0 Å². The van der Waals surface area contributed by atoms with Crippen molar-refractivity contribution in [1.29, 1.82) is 0 Å². The zero-order valence-electron chi connectivity index (χ0n) is 17.2. The van der Waals surface area contributed by atoms with Crippen molar-refractivity contribution in [2.45, 2.75) is 83.6 Å². The first-order chi connectivity index (χ1) is 13.9. The van der Waals surface area contributed by atoms with E-state index in [1.54, 1.807) is 6.92 Å². The highest BCUT2D eigenvalue weighted by atomic mass is 19.4. The Morgan fingerprint density at radius 1 is 0.933 bits per heavy atom. The van der Waals surface area contributed by atoms with Gasteiger partial charge in [-0.15, -0.1) is 0 Å². The van der Waals surface area contributed by atoms with Gasteiger partial charge in [-0.05, 0) is 37.3 Å². The largest absolute Gasteiger partial charge is 0.389 e. The van der Waals surface area contributed by atoms with E-state index in [0.717, 1.165) is 18.2 Å². The number of halogens is 8. The van der Waals surface area contributed by atoms with Crippen LogP contribution in [-0.4, -0.2) is 24.9 Å². The molecular weight excluding hydrogens is 418 g/mol. The normalized spacial score (nSPS) is 14.6. The van der Waals surface area contributed by atoms with Gasteiger partial charge in [0.2, 0.25) is 0 Å². The Kier molecular flexibility index (Phi) is 10.4. The quantitative estimate of drug-likeness (QED) is 0.168. The summed E-state index contributed by atoms with van der Waals surface area (Å²) in [5.41, 5.74) is -0.712. The van der Waals surface area contributed by atoms with Gasteiger partial charge in [-0.25, -0.2) is 13.2 Å². The third kappa shape index (κ3) is 8.30. The molecule has 2 unspecified atom stereocenters. The first-order valence-electron chi connectivity index (χ1n) is 10.2. The van der Waals surface area contributed by atoms with Crippen LogP contribution >= 0.6 is 0 Å². The summed E-state index contributed by atoms with van der Waals surface area (Å²) < 4.78 is 108. The molecule has 0 saturated carbocycles. The Balaban J connectivity index is 2.84. The van der Waals surface area contributed by atoms with Crippen molar-refractivity contribution in [1.82, 2.24) is 0 Å². The summed E-state index contributed by atoms with van der Waals surface area (Å²) in [5, 5.41) is 0. The lowest BCUT2D eigenvalue weighted by Crippen LogP contribution is -2.51. The molecule has 1 rings (SSSR count). The summed E-state index contributed by atoms with van der Waals surface area (Å²) in [6.07, 6.45) is -7.13. The molecule has 1 aromatic carbocycles. The number of hydrogen-bond acceptors (Lipinski definition) is 1. The highest BCUT2D eigenvalue weighted by molar-refractivity contribution is 5.50. The van der Waals surface area contributed by atoms with Crippen molar-refractivity contribution >= 4 is 5.69 Å². The molecule has 0 aliphatic rings. The zero-order chi connectivity index (χ0) is 22.9. The minimum absolute atomic E-state index is 0.0292. The van der Waals surface area contributed by atoms with E-state index in [1.807, 2.05) is 6.92 Å². The van der Waals surface area contributed by atoms with Gasteiger partial charge in [-0.3, -0.25) is 0 Å². The molecule has 30 heavy (non-hydrogen) atoms. The lowest BCUT2D eigenvalue weighted by atomic mass is 10.0. The summed E-state index contributed by atoms with van der Waals surface area (Å²) in [5.74, 6) is -3.10. The van der Waals surface area contributed by atoms with Crippen molar-refractivity contribution in [2.24, 2.45) is 5.92 Å². The highest BCUT2D eigenvalue weighted by Crippen LogP contribution is 2.37. The monoisotopic (exact) mass is 447 g/mol. The molecule has 0 N–H and O–H groups in total. The summed E-state index contributed by atoms with van der Waals surface area (Å²) in [7, 11) is 0. The molecule has 0 aliphatic carbocycles.